The van der Waals surface area contributed by atoms with Crippen molar-refractivity contribution in [2.24, 2.45) is 0 Å². The van der Waals surface area contributed by atoms with Gasteiger partial charge < -0.3 is 21.1 Å². The van der Waals surface area contributed by atoms with Crippen LogP contribution in [0, 0.1) is 6.92 Å². The number of hydrogen-bond acceptors (Lipinski definition) is 8. The molecule has 2 aromatic heterocycles. The largest absolute Gasteiger partial charge is 0.393 e. The zero-order valence-corrected chi connectivity index (χ0v) is 13.8. The summed E-state index contributed by atoms with van der Waals surface area (Å²) in [6.45, 7) is 7.23. The van der Waals surface area contributed by atoms with Crippen LogP contribution in [0.5, 0.6) is 0 Å². The smallest absolute Gasteiger partial charge is 0.160 e. The highest BCUT2D eigenvalue weighted by molar-refractivity contribution is 5.76. The molecular formula is C16H23N7O. The summed E-state index contributed by atoms with van der Waals surface area (Å²) in [6.07, 6.45) is 3.24. The predicted octanol–water partition coefficient (Wildman–Crippen LogP) is 1.25. The molecule has 1 saturated heterocycles. The van der Waals surface area contributed by atoms with Gasteiger partial charge in [-0.2, -0.15) is 0 Å². The number of anilines is 4. The summed E-state index contributed by atoms with van der Waals surface area (Å²) in [5.74, 6) is 1.89. The van der Waals surface area contributed by atoms with Crippen molar-refractivity contribution in [3.8, 4) is 0 Å². The van der Waals surface area contributed by atoms with Crippen molar-refractivity contribution in [3.05, 3.63) is 30.2 Å². The van der Waals surface area contributed by atoms with Crippen molar-refractivity contribution in [1.82, 2.24) is 19.9 Å². The first-order valence-electron chi connectivity index (χ1n) is 8.06. The lowest BCUT2D eigenvalue weighted by Gasteiger charge is -2.26. The predicted molar refractivity (Wildman–Crippen MR) is 94.4 cm³/mol. The van der Waals surface area contributed by atoms with Gasteiger partial charge in [0.25, 0.3) is 0 Å². The van der Waals surface area contributed by atoms with Gasteiger partial charge in [0.2, 0.25) is 0 Å². The van der Waals surface area contributed by atoms with Crippen LogP contribution in [0.1, 0.15) is 5.56 Å². The lowest BCUT2D eigenvalue weighted by molar-refractivity contribution is 0.0398. The van der Waals surface area contributed by atoms with Gasteiger partial charge in [0.1, 0.15) is 17.8 Å². The van der Waals surface area contributed by atoms with Crippen molar-refractivity contribution < 1.29 is 4.74 Å². The molecule has 3 heterocycles. The second-order valence-electron chi connectivity index (χ2n) is 5.71. The summed E-state index contributed by atoms with van der Waals surface area (Å²) in [5.41, 5.74) is 7.78. The number of hydrogen-bond donors (Lipinski definition) is 3. The van der Waals surface area contributed by atoms with Crippen LogP contribution in [0.15, 0.2) is 24.7 Å². The molecule has 24 heavy (non-hydrogen) atoms. The average molecular weight is 329 g/mol. The molecule has 1 aliphatic heterocycles. The average Bonchev–Trinajstić information content (AvgIpc) is 2.59. The lowest BCUT2D eigenvalue weighted by atomic mass is 10.3. The molecule has 4 N–H and O–H groups in total. The van der Waals surface area contributed by atoms with Crippen molar-refractivity contribution in [3.63, 3.8) is 0 Å². The van der Waals surface area contributed by atoms with Gasteiger partial charge in [-0.1, -0.05) is 0 Å². The van der Waals surface area contributed by atoms with Crippen LogP contribution in [-0.4, -0.2) is 59.2 Å². The van der Waals surface area contributed by atoms with Crippen molar-refractivity contribution >= 4 is 23.1 Å². The summed E-state index contributed by atoms with van der Waals surface area (Å²) in [4.78, 5) is 15.1. The van der Waals surface area contributed by atoms with Crippen LogP contribution in [0.25, 0.3) is 0 Å². The molecule has 0 aliphatic carbocycles. The molecular weight excluding hydrogens is 306 g/mol. The SMILES string of the molecule is Cc1ccnc(Nc2ncnc(NCCN3CCOCC3)c2N)c1. The second-order valence-corrected chi connectivity index (χ2v) is 5.71. The molecule has 8 heteroatoms. The van der Waals surface area contributed by atoms with E-state index in [0.717, 1.165) is 45.0 Å². The van der Waals surface area contributed by atoms with E-state index < -0.39 is 0 Å². The second kappa shape index (κ2) is 7.89. The molecule has 0 amide bonds. The highest BCUT2D eigenvalue weighted by Crippen LogP contribution is 2.24. The fourth-order valence-electron chi connectivity index (χ4n) is 2.52. The topological polar surface area (TPSA) is 101 Å². The summed E-state index contributed by atoms with van der Waals surface area (Å²) < 4.78 is 5.35. The number of rotatable bonds is 6. The van der Waals surface area contributed by atoms with Gasteiger partial charge in [-0.25, -0.2) is 15.0 Å². The maximum atomic E-state index is 6.18. The monoisotopic (exact) mass is 329 g/mol. The van der Waals surface area contributed by atoms with E-state index in [1.807, 2.05) is 19.1 Å². The van der Waals surface area contributed by atoms with Crippen LogP contribution in [0.2, 0.25) is 0 Å². The standard InChI is InChI=1S/C16H23N7O/c1-12-2-3-18-13(10-12)22-16-14(17)15(20-11-21-16)19-4-5-23-6-8-24-9-7-23/h2-3,10-11H,4-9,17H2,1H3,(H2,18,19,20,21,22). The van der Waals surface area contributed by atoms with Gasteiger partial charge in [0.05, 0.1) is 13.2 Å². The third-order valence-electron chi connectivity index (χ3n) is 3.87. The summed E-state index contributed by atoms with van der Waals surface area (Å²) >= 11 is 0. The number of ether oxygens (including phenoxy) is 1. The maximum Gasteiger partial charge on any atom is 0.160 e. The normalized spacial score (nSPS) is 15.2. The molecule has 0 spiro atoms. The Morgan fingerprint density at radius 1 is 1.21 bits per heavy atom. The molecule has 0 radical (unpaired) electrons. The van der Waals surface area contributed by atoms with E-state index in [4.69, 9.17) is 10.5 Å². The molecule has 8 nitrogen and oxygen atoms in total. The van der Waals surface area contributed by atoms with Gasteiger partial charge >= 0.3 is 0 Å². The van der Waals surface area contributed by atoms with Gasteiger partial charge in [-0.3, -0.25) is 4.90 Å². The van der Waals surface area contributed by atoms with E-state index in [1.54, 1.807) is 6.20 Å². The summed E-state index contributed by atoms with van der Waals surface area (Å²) in [6, 6.07) is 3.88. The van der Waals surface area contributed by atoms with E-state index in [0.29, 0.717) is 23.1 Å². The number of aryl methyl sites for hydroxylation is 1. The number of pyridine rings is 1. The molecule has 1 aliphatic rings. The molecule has 0 aromatic carbocycles. The van der Waals surface area contributed by atoms with E-state index in [-0.39, 0.29) is 0 Å². The molecule has 0 atom stereocenters. The van der Waals surface area contributed by atoms with Gasteiger partial charge in [0, 0.05) is 32.4 Å². The molecule has 1 fully saturated rings. The van der Waals surface area contributed by atoms with Crippen LogP contribution in [0.4, 0.5) is 23.1 Å². The highest BCUT2D eigenvalue weighted by Gasteiger charge is 2.11. The number of nitrogen functional groups attached to an aromatic ring is 1. The summed E-state index contributed by atoms with van der Waals surface area (Å²) in [7, 11) is 0. The zero-order valence-electron chi connectivity index (χ0n) is 13.8. The fourth-order valence-corrected chi connectivity index (χ4v) is 2.52. The first-order valence-corrected chi connectivity index (χ1v) is 8.06. The first kappa shape index (κ1) is 16.4. The molecule has 3 rings (SSSR count). The van der Waals surface area contributed by atoms with E-state index in [2.05, 4.69) is 30.5 Å². The van der Waals surface area contributed by atoms with Gasteiger partial charge in [-0.05, 0) is 24.6 Å². The van der Waals surface area contributed by atoms with E-state index in [9.17, 15) is 0 Å². The third kappa shape index (κ3) is 4.30. The minimum Gasteiger partial charge on any atom is -0.393 e. The fraction of sp³-hybridized carbons (Fsp3) is 0.438. The first-order chi connectivity index (χ1) is 11.7. The number of nitrogens with one attached hydrogen (secondary N) is 2. The summed E-state index contributed by atoms with van der Waals surface area (Å²) in [5, 5.41) is 6.42. The Kier molecular flexibility index (Phi) is 5.39. The van der Waals surface area contributed by atoms with Crippen LogP contribution in [-0.2, 0) is 4.74 Å². The Hall–Kier alpha value is -2.45. The van der Waals surface area contributed by atoms with E-state index in [1.165, 1.54) is 6.33 Å². The van der Waals surface area contributed by atoms with Crippen molar-refractivity contribution in [2.75, 3.05) is 55.8 Å². The quantitative estimate of drug-likeness (QED) is 0.728. The third-order valence-corrected chi connectivity index (χ3v) is 3.87. The minimum absolute atomic E-state index is 0.489. The number of aromatic nitrogens is 3. The molecule has 2 aromatic rings. The highest BCUT2D eigenvalue weighted by atomic mass is 16.5. The van der Waals surface area contributed by atoms with Crippen LogP contribution >= 0.6 is 0 Å². The number of nitrogens with two attached hydrogens (primary N) is 1. The van der Waals surface area contributed by atoms with E-state index >= 15 is 0 Å². The lowest BCUT2D eigenvalue weighted by Crippen LogP contribution is -2.39. The Balaban J connectivity index is 1.60. The molecule has 0 unspecified atom stereocenters. The Morgan fingerprint density at radius 2 is 2.00 bits per heavy atom. The molecule has 128 valence electrons. The number of morpholine rings is 1. The van der Waals surface area contributed by atoms with Gasteiger partial charge in [0.15, 0.2) is 11.6 Å². The zero-order chi connectivity index (χ0) is 16.8. The Labute approximate surface area is 141 Å². The van der Waals surface area contributed by atoms with Gasteiger partial charge in [-0.15, -0.1) is 0 Å². The Morgan fingerprint density at radius 3 is 2.79 bits per heavy atom. The minimum atomic E-state index is 0.489. The van der Waals surface area contributed by atoms with Crippen molar-refractivity contribution in [2.45, 2.75) is 6.92 Å². The Bertz CT molecular complexity index is 673. The maximum absolute atomic E-state index is 6.18. The van der Waals surface area contributed by atoms with Crippen LogP contribution < -0.4 is 16.4 Å². The van der Waals surface area contributed by atoms with Crippen molar-refractivity contribution in [1.29, 1.82) is 0 Å². The van der Waals surface area contributed by atoms with Crippen LogP contribution in [0.3, 0.4) is 0 Å². The molecule has 0 saturated carbocycles. The number of nitrogens with zero attached hydrogens (tertiary/aromatic N) is 4. The molecule has 0 bridgehead atoms.